The fourth-order valence-corrected chi connectivity index (χ4v) is 3.08. The third-order valence-corrected chi connectivity index (χ3v) is 4.40. The van der Waals surface area contributed by atoms with Crippen LogP contribution in [0.5, 0.6) is 5.75 Å². The highest BCUT2D eigenvalue weighted by Crippen LogP contribution is 2.20. The third kappa shape index (κ3) is 3.40. The molecule has 5 heteroatoms. The Kier molecular flexibility index (Phi) is 4.21. The highest BCUT2D eigenvalue weighted by molar-refractivity contribution is 5.94. The van der Waals surface area contributed by atoms with E-state index in [0.29, 0.717) is 18.7 Å². The molecule has 1 fully saturated rings. The van der Waals surface area contributed by atoms with Crippen molar-refractivity contribution in [3.63, 3.8) is 0 Å². The first-order valence-electron chi connectivity index (χ1n) is 8.39. The van der Waals surface area contributed by atoms with Crippen LogP contribution in [0.3, 0.4) is 0 Å². The molecule has 0 spiro atoms. The van der Waals surface area contributed by atoms with Crippen LogP contribution >= 0.6 is 0 Å². The minimum Gasteiger partial charge on any atom is -0.488 e. The lowest BCUT2D eigenvalue weighted by molar-refractivity contribution is 0.0772. The Morgan fingerprint density at radius 3 is 2.48 bits per heavy atom. The number of hydrogen-bond donors (Lipinski definition) is 0. The molecule has 0 N–H and O–H groups in total. The molecule has 1 amide bonds. The number of amides is 1. The standard InChI is InChI=1S/C20H19N3O2/c24-20(16-3-5-17(6-4-16)22-12-1-2-13-22)23-14-9-19(15-23)25-18-7-10-21-11-8-18/h1-8,10-13,19H,9,14-15H2. The summed E-state index contributed by atoms with van der Waals surface area (Å²) in [5, 5.41) is 0. The zero-order chi connectivity index (χ0) is 17.1. The van der Waals surface area contributed by atoms with E-state index in [9.17, 15) is 4.79 Å². The van der Waals surface area contributed by atoms with Gasteiger partial charge in [0, 0.05) is 49.0 Å². The van der Waals surface area contributed by atoms with Crippen LogP contribution in [0.2, 0.25) is 0 Å². The van der Waals surface area contributed by atoms with Gasteiger partial charge in [-0.15, -0.1) is 0 Å². The first-order chi connectivity index (χ1) is 12.3. The number of carbonyl (C=O) groups excluding carboxylic acids is 1. The summed E-state index contributed by atoms with van der Waals surface area (Å²) in [4.78, 5) is 18.5. The molecule has 0 aliphatic carbocycles. The molecule has 126 valence electrons. The highest BCUT2D eigenvalue weighted by atomic mass is 16.5. The second-order valence-electron chi connectivity index (χ2n) is 6.10. The fourth-order valence-electron chi connectivity index (χ4n) is 3.08. The van der Waals surface area contributed by atoms with Gasteiger partial charge in [0.15, 0.2) is 0 Å². The summed E-state index contributed by atoms with van der Waals surface area (Å²) in [6, 6.07) is 15.3. The summed E-state index contributed by atoms with van der Waals surface area (Å²) in [7, 11) is 0. The van der Waals surface area contributed by atoms with Crippen LogP contribution in [0, 0.1) is 0 Å². The lowest BCUT2D eigenvalue weighted by Gasteiger charge is -2.17. The summed E-state index contributed by atoms with van der Waals surface area (Å²) in [6.07, 6.45) is 8.26. The highest BCUT2D eigenvalue weighted by Gasteiger charge is 2.28. The second-order valence-corrected chi connectivity index (χ2v) is 6.10. The van der Waals surface area contributed by atoms with E-state index in [-0.39, 0.29) is 12.0 Å². The van der Waals surface area contributed by atoms with Crippen molar-refractivity contribution in [2.45, 2.75) is 12.5 Å². The molecule has 3 aromatic rings. The molecule has 1 aliphatic rings. The molecule has 4 rings (SSSR count). The molecule has 3 heterocycles. The van der Waals surface area contributed by atoms with E-state index in [0.717, 1.165) is 17.9 Å². The van der Waals surface area contributed by atoms with E-state index in [1.165, 1.54) is 0 Å². The molecule has 1 unspecified atom stereocenters. The lowest BCUT2D eigenvalue weighted by Crippen LogP contribution is -2.30. The van der Waals surface area contributed by atoms with Gasteiger partial charge in [-0.2, -0.15) is 0 Å². The Morgan fingerprint density at radius 1 is 1.04 bits per heavy atom. The SMILES string of the molecule is O=C(c1ccc(-n2cccc2)cc1)N1CCC(Oc2ccncc2)C1. The number of hydrogen-bond acceptors (Lipinski definition) is 3. The van der Waals surface area contributed by atoms with Crippen molar-refractivity contribution in [1.82, 2.24) is 14.5 Å². The largest absolute Gasteiger partial charge is 0.488 e. The summed E-state index contributed by atoms with van der Waals surface area (Å²) in [5.41, 5.74) is 1.75. The summed E-state index contributed by atoms with van der Waals surface area (Å²) >= 11 is 0. The molecule has 25 heavy (non-hydrogen) atoms. The van der Waals surface area contributed by atoms with Crippen LogP contribution < -0.4 is 4.74 Å². The maximum Gasteiger partial charge on any atom is 0.253 e. The molecule has 1 aromatic carbocycles. The maximum absolute atomic E-state index is 12.7. The maximum atomic E-state index is 12.7. The van der Waals surface area contributed by atoms with Gasteiger partial charge in [-0.1, -0.05) is 0 Å². The van der Waals surface area contributed by atoms with E-state index < -0.39 is 0 Å². The monoisotopic (exact) mass is 333 g/mol. The average Bonchev–Trinajstić information content (AvgIpc) is 3.34. The van der Waals surface area contributed by atoms with Crippen molar-refractivity contribution in [2.75, 3.05) is 13.1 Å². The zero-order valence-electron chi connectivity index (χ0n) is 13.8. The van der Waals surface area contributed by atoms with Gasteiger partial charge in [-0.25, -0.2) is 0 Å². The topological polar surface area (TPSA) is 47.4 Å². The number of aromatic nitrogens is 2. The minimum absolute atomic E-state index is 0.0329. The predicted octanol–water partition coefficient (Wildman–Crippen LogP) is 3.17. The van der Waals surface area contributed by atoms with E-state index in [1.807, 2.05) is 70.4 Å². The van der Waals surface area contributed by atoms with Crippen molar-refractivity contribution in [2.24, 2.45) is 0 Å². The van der Waals surface area contributed by atoms with Crippen molar-refractivity contribution in [1.29, 1.82) is 0 Å². The Morgan fingerprint density at radius 2 is 1.76 bits per heavy atom. The van der Waals surface area contributed by atoms with E-state index in [2.05, 4.69) is 4.98 Å². The van der Waals surface area contributed by atoms with Gasteiger partial charge in [0.25, 0.3) is 5.91 Å². The number of likely N-dealkylation sites (tertiary alicyclic amines) is 1. The number of nitrogens with zero attached hydrogens (tertiary/aromatic N) is 3. The molecule has 0 saturated carbocycles. The molecule has 1 aliphatic heterocycles. The second kappa shape index (κ2) is 6.81. The quantitative estimate of drug-likeness (QED) is 0.737. The summed E-state index contributed by atoms with van der Waals surface area (Å²) < 4.78 is 7.94. The molecule has 1 atom stereocenters. The van der Waals surface area contributed by atoms with Gasteiger partial charge in [-0.05, 0) is 48.5 Å². The molecular weight excluding hydrogens is 314 g/mol. The van der Waals surface area contributed by atoms with E-state index in [4.69, 9.17) is 4.74 Å². The van der Waals surface area contributed by atoms with Crippen LogP contribution in [0.4, 0.5) is 0 Å². The van der Waals surface area contributed by atoms with Gasteiger partial charge in [-0.3, -0.25) is 9.78 Å². The summed E-state index contributed by atoms with van der Waals surface area (Å²) in [6.45, 7) is 1.33. The number of carbonyl (C=O) groups is 1. The van der Waals surface area contributed by atoms with Gasteiger partial charge < -0.3 is 14.2 Å². The van der Waals surface area contributed by atoms with Crippen molar-refractivity contribution >= 4 is 5.91 Å². The smallest absolute Gasteiger partial charge is 0.253 e. The lowest BCUT2D eigenvalue weighted by atomic mass is 10.2. The summed E-state index contributed by atoms with van der Waals surface area (Å²) in [5.74, 6) is 0.852. The Bertz CT molecular complexity index is 829. The van der Waals surface area contributed by atoms with Gasteiger partial charge in [0.05, 0.1) is 6.54 Å². The number of rotatable bonds is 4. The fraction of sp³-hybridized carbons (Fsp3) is 0.200. The molecule has 0 bridgehead atoms. The van der Waals surface area contributed by atoms with Crippen LogP contribution in [0.1, 0.15) is 16.8 Å². The molecule has 5 nitrogen and oxygen atoms in total. The zero-order valence-corrected chi connectivity index (χ0v) is 13.8. The van der Waals surface area contributed by atoms with Gasteiger partial charge in [0.1, 0.15) is 11.9 Å². The van der Waals surface area contributed by atoms with Crippen LogP contribution in [-0.2, 0) is 0 Å². The minimum atomic E-state index is 0.0329. The Labute approximate surface area is 146 Å². The van der Waals surface area contributed by atoms with Crippen molar-refractivity contribution in [3.05, 3.63) is 78.9 Å². The number of pyridine rings is 1. The number of ether oxygens (including phenoxy) is 1. The normalized spacial score (nSPS) is 16.8. The van der Waals surface area contributed by atoms with Gasteiger partial charge in [0.2, 0.25) is 0 Å². The van der Waals surface area contributed by atoms with E-state index in [1.54, 1.807) is 12.4 Å². The molecule has 2 aromatic heterocycles. The van der Waals surface area contributed by atoms with Crippen molar-refractivity contribution < 1.29 is 9.53 Å². The first-order valence-corrected chi connectivity index (χ1v) is 8.39. The van der Waals surface area contributed by atoms with Gasteiger partial charge >= 0.3 is 0 Å². The molecule has 1 saturated heterocycles. The van der Waals surface area contributed by atoms with Crippen LogP contribution in [-0.4, -0.2) is 39.6 Å². The Hall–Kier alpha value is -3.08. The molecule has 0 radical (unpaired) electrons. The van der Waals surface area contributed by atoms with E-state index >= 15 is 0 Å². The first kappa shape index (κ1) is 15.4. The van der Waals surface area contributed by atoms with Crippen molar-refractivity contribution in [3.8, 4) is 11.4 Å². The number of benzene rings is 1. The van der Waals surface area contributed by atoms with Crippen LogP contribution in [0.15, 0.2) is 73.3 Å². The molecular formula is C20H19N3O2. The Balaban J connectivity index is 1.40. The third-order valence-electron chi connectivity index (χ3n) is 4.40. The van der Waals surface area contributed by atoms with Crippen LogP contribution in [0.25, 0.3) is 5.69 Å². The predicted molar refractivity (Wildman–Crippen MR) is 94.9 cm³/mol. The average molecular weight is 333 g/mol.